The first-order chi connectivity index (χ1) is 8.74. The predicted octanol–water partition coefficient (Wildman–Crippen LogP) is 3.86. The van der Waals surface area contributed by atoms with Gasteiger partial charge in [0.25, 0.3) is 0 Å². The quantitative estimate of drug-likeness (QED) is 0.879. The van der Waals surface area contributed by atoms with Crippen LogP contribution >= 0.6 is 0 Å². The third kappa shape index (κ3) is 2.54. The van der Waals surface area contributed by atoms with Crippen molar-refractivity contribution in [3.63, 3.8) is 0 Å². The molecule has 1 atom stereocenters. The lowest BCUT2D eigenvalue weighted by molar-refractivity contribution is 0.811. The number of hydrogen-bond donors (Lipinski definition) is 1. The number of nitrogens with zero attached hydrogens (tertiary/aromatic N) is 1. The lowest BCUT2D eigenvalue weighted by atomic mass is 10.1. The largest absolute Gasteiger partial charge is 0.341 e. The minimum atomic E-state index is 0.0407. The molecule has 0 saturated carbocycles. The maximum Gasteiger partial charge on any atom is 0.0458 e. The molecule has 94 valence electrons. The summed E-state index contributed by atoms with van der Waals surface area (Å²) < 4.78 is 0. The molecule has 2 rings (SSSR count). The van der Waals surface area contributed by atoms with Crippen molar-refractivity contribution in [2.75, 3.05) is 11.4 Å². The van der Waals surface area contributed by atoms with Gasteiger partial charge in [0.15, 0.2) is 0 Å². The Morgan fingerprint density at radius 2 is 1.61 bits per heavy atom. The second-order valence-corrected chi connectivity index (χ2v) is 4.43. The fourth-order valence-corrected chi connectivity index (χ4v) is 2.22. The predicted molar refractivity (Wildman–Crippen MR) is 78.2 cm³/mol. The van der Waals surface area contributed by atoms with Gasteiger partial charge in [0.2, 0.25) is 0 Å². The summed E-state index contributed by atoms with van der Waals surface area (Å²) in [6, 6.07) is 18.8. The van der Waals surface area contributed by atoms with Gasteiger partial charge in [-0.25, -0.2) is 0 Å². The lowest BCUT2D eigenvalue weighted by Crippen LogP contribution is -2.19. The molecule has 0 heterocycles. The first-order valence-corrected chi connectivity index (χ1v) is 6.41. The molecule has 0 aliphatic rings. The molecule has 0 amide bonds. The number of hydrogen-bond acceptors (Lipinski definition) is 2. The summed E-state index contributed by atoms with van der Waals surface area (Å²) in [5.74, 6) is 0. The first-order valence-electron chi connectivity index (χ1n) is 6.41. The molecule has 0 aliphatic carbocycles. The Hall–Kier alpha value is -1.80. The third-order valence-corrected chi connectivity index (χ3v) is 3.10. The Morgan fingerprint density at radius 3 is 2.22 bits per heavy atom. The molecule has 0 aromatic heterocycles. The van der Waals surface area contributed by atoms with Crippen LogP contribution in [0.1, 0.15) is 25.5 Å². The second-order valence-electron chi connectivity index (χ2n) is 4.43. The van der Waals surface area contributed by atoms with Gasteiger partial charge in [-0.05, 0) is 37.6 Å². The van der Waals surface area contributed by atoms with E-state index in [-0.39, 0.29) is 6.04 Å². The summed E-state index contributed by atoms with van der Waals surface area (Å²) in [5, 5.41) is 0. The summed E-state index contributed by atoms with van der Waals surface area (Å²) in [7, 11) is 0. The molecule has 2 aromatic rings. The molecule has 0 spiro atoms. The van der Waals surface area contributed by atoms with Crippen LogP contribution in [0.5, 0.6) is 0 Å². The highest BCUT2D eigenvalue weighted by molar-refractivity contribution is 5.66. The van der Waals surface area contributed by atoms with Crippen molar-refractivity contribution in [3.8, 4) is 0 Å². The van der Waals surface area contributed by atoms with Gasteiger partial charge in [-0.1, -0.05) is 36.4 Å². The summed E-state index contributed by atoms with van der Waals surface area (Å²) in [6.07, 6.45) is 0. The zero-order valence-corrected chi connectivity index (χ0v) is 11.0. The van der Waals surface area contributed by atoms with Crippen LogP contribution in [-0.4, -0.2) is 6.54 Å². The van der Waals surface area contributed by atoms with Crippen LogP contribution in [0.25, 0.3) is 0 Å². The first kappa shape index (κ1) is 12.7. The van der Waals surface area contributed by atoms with Crippen LogP contribution < -0.4 is 10.6 Å². The second kappa shape index (κ2) is 5.69. The van der Waals surface area contributed by atoms with Crippen LogP contribution in [0.15, 0.2) is 54.6 Å². The maximum atomic E-state index is 6.06. The summed E-state index contributed by atoms with van der Waals surface area (Å²) in [4.78, 5) is 2.29. The zero-order chi connectivity index (χ0) is 13.0. The van der Waals surface area contributed by atoms with Crippen molar-refractivity contribution in [2.45, 2.75) is 19.9 Å². The van der Waals surface area contributed by atoms with Crippen LogP contribution in [0.2, 0.25) is 0 Å². The van der Waals surface area contributed by atoms with Gasteiger partial charge in [0.1, 0.15) is 0 Å². The van der Waals surface area contributed by atoms with Crippen molar-refractivity contribution in [1.82, 2.24) is 0 Å². The molecule has 0 fully saturated rings. The maximum absolute atomic E-state index is 6.06. The smallest absolute Gasteiger partial charge is 0.0458 e. The Bertz CT molecular complexity index is 491. The van der Waals surface area contributed by atoms with E-state index in [1.807, 2.05) is 19.1 Å². The van der Waals surface area contributed by atoms with Gasteiger partial charge in [-0.3, -0.25) is 0 Å². The number of rotatable bonds is 4. The fraction of sp³-hybridized carbons (Fsp3) is 0.250. The SMILES string of the molecule is CCN(c1ccccc1)c1ccccc1[C@H](C)N. The van der Waals surface area contributed by atoms with E-state index in [4.69, 9.17) is 5.73 Å². The van der Waals surface area contributed by atoms with Gasteiger partial charge in [0, 0.05) is 24.0 Å². The number of para-hydroxylation sites is 2. The molecule has 2 heteroatoms. The van der Waals surface area contributed by atoms with Gasteiger partial charge in [0.05, 0.1) is 0 Å². The van der Waals surface area contributed by atoms with Crippen molar-refractivity contribution in [3.05, 3.63) is 60.2 Å². The molecule has 2 nitrogen and oxygen atoms in total. The molecule has 0 radical (unpaired) electrons. The van der Waals surface area contributed by atoms with Gasteiger partial charge >= 0.3 is 0 Å². The highest BCUT2D eigenvalue weighted by atomic mass is 15.1. The van der Waals surface area contributed by atoms with Crippen molar-refractivity contribution in [2.24, 2.45) is 5.73 Å². The highest BCUT2D eigenvalue weighted by Gasteiger charge is 2.13. The molecule has 2 N–H and O–H groups in total. The van der Waals surface area contributed by atoms with Crippen LogP contribution in [0.3, 0.4) is 0 Å². The van der Waals surface area contributed by atoms with E-state index in [0.717, 1.165) is 6.54 Å². The molecule has 0 bridgehead atoms. The number of nitrogens with two attached hydrogens (primary N) is 1. The molecular formula is C16H20N2. The van der Waals surface area contributed by atoms with Crippen LogP contribution in [0.4, 0.5) is 11.4 Å². The number of benzene rings is 2. The van der Waals surface area contributed by atoms with Crippen molar-refractivity contribution in [1.29, 1.82) is 0 Å². The fourth-order valence-electron chi connectivity index (χ4n) is 2.22. The van der Waals surface area contributed by atoms with Crippen molar-refractivity contribution >= 4 is 11.4 Å². The van der Waals surface area contributed by atoms with E-state index in [1.54, 1.807) is 0 Å². The standard InChI is InChI=1S/C16H20N2/c1-3-18(14-9-5-4-6-10-14)16-12-8-7-11-15(16)13(2)17/h4-13H,3,17H2,1-2H3/t13-/m0/s1. The summed E-state index contributed by atoms with van der Waals surface area (Å²) in [5.41, 5.74) is 9.64. The minimum Gasteiger partial charge on any atom is -0.341 e. The van der Waals surface area contributed by atoms with Gasteiger partial charge in [-0.15, -0.1) is 0 Å². The van der Waals surface area contributed by atoms with Crippen LogP contribution in [0, 0.1) is 0 Å². The normalized spacial score (nSPS) is 12.2. The van der Waals surface area contributed by atoms with E-state index in [0.29, 0.717) is 0 Å². The average molecular weight is 240 g/mol. The Balaban J connectivity index is 2.46. The molecule has 0 unspecified atom stereocenters. The number of anilines is 2. The summed E-state index contributed by atoms with van der Waals surface area (Å²) >= 11 is 0. The lowest BCUT2D eigenvalue weighted by Gasteiger charge is -2.27. The average Bonchev–Trinajstić information content (AvgIpc) is 2.41. The molecule has 2 aromatic carbocycles. The van der Waals surface area contributed by atoms with E-state index in [1.165, 1.54) is 16.9 Å². The zero-order valence-electron chi connectivity index (χ0n) is 11.0. The van der Waals surface area contributed by atoms with Crippen molar-refractivity contribution < 1.29 is 0 Å². The Morgan fingerprint density at radius 1 is 1.00 bits per heavy atom. The van der Waals surface area contributed by atoms with Gasteiger partial charge < -0.3 is 10.6 Å². The Kier molecular flexibility index (Phi) is 4.00. The minimum absolute atomic E-state index is 0.0407. The van der Waals surface area contributed by atoms with E-state index in [2.05, 4.69) is 54.3 Å². The summed E-state index contributed by atoms with van der Waals surface area (Å²) in [6.45, 7) is 5.11. The molecule has 18 heavy (non-hydrogen) atoms. The van der Waals surface area contributed by atoms with E-state index in [9.17, 15) is 0 Å². The molecular weight excluding hydrogens is 220 g/mol. The molecule has 0 aliphatic heterocycles. The van der Waals surface area contributed by atoms with Gasteiger partial charge in [-0.2, -0.15) is 0 Å². The topological polar surface area (TPSA) is 29.3 Å². The third-order valence-electron chi connectivity index (χ3n) is 3.10. The molecule has 0 saturated heterocycles. The Labute approximate surface area is 109 Å². The van der Waals surface area contributed by atoms with E-state index >= 15 is 0 Å². The van der Waals surface area contributed by atoms with Crippen LogP contribution in [-0.2, 0) is 0 Å². The highest BCUT2D eigenvalue weighted by Crippen LogP contribution is 2.30. The monoisotopic (exact) mass is 240 g/mol. The van der Waals surface area contributed by atoms with E-state index < -0.39 is 0 Å².